The van der Waals surface area contributed by atoms with Crippen molar-refractivity contribution in [1.82, 2.24) is 9.80 Å². The smallest absolute Gasteiger partial charge is 0.238 e. The fourth-order valence-corrected chi connectivity index (χ4v) is 9.74. The van der Waals surface area contributed by atoms with Gasteiger partial charge in [-0.1, -0.05) is 47.5 Å². The predicted molar refractivity (Wildman–Crippen MR) is 177 cm³/mol. The summed E-state index contributed by atoms with van der Waals surface area (Å²) in [6.45, 7) is 4.97. The molecule has 0 saturated carbocycles. The Hall–Kier alpha value is -2.98. The van der Waals surface area contributed by atoms with Gasteiger partial charge in [0.05, 0.1) is 17.5 Å². The molecule has 3 aromatic rings. The van der Waals surface area contributed by atoms with Crippen molar-refractivity contribution in [1.29, 1.82) is 0 Å². The molecule has 7 nitrogen and oxygen atoms in total. The Bertz CT molecular complexity index is 1800. The first kappa shape index (κ1) is 30.7. The summed E-state index contributed by atoms with van der Waals surface area (Å²) in [6, 6.07) is 17.4. The molecule has 11 heteroatoms. The molecule has 0 bridgehead atoms. The summed E-state index contributed by atoms with van der Waals surface area (Å²) in [5.41, 5.74) is 2.68. The molecule has 2 fully saturated rings. The SMILES string of the molecule is Cc1ccc(F)cc1[C@H]1N=C(N2CCN(C3CCS(=O)(=O)CC3)CC2)C[C@@H](c2cccc(Cl)c2)[C@]12C(=O)Nc1cc(Cl)ccc12. The van der Waals surface area contributed by atoms with Crippen LogP contribution in [0.25, 0.3) is 0 Å². The minimum Gasteiger partial charge on any atom is -0.358 e. The Morgan fingerprint density at radius 2 is 1.69 bits per heavy atom. The topological polar surface area (TPSA) is 82.1 Å². The van der Waals surface area contributed by atoms with Crippen molar-refractivity contribution in [3.8, 4) is 0 Å². The lowest BCUT2D eigenvalue weighted by atomic mass is 9.59. The number of piperazine rings is 1. The van der Waals surface area contributed by atoms with Gasteiger partial charge in [0.2, 0.25) is 5.91 Å². The van der Waals surface area contributed by atoms with Crippen LogP contribution in [0, 0.1) is 12.7 Å². The fraction of sp³-hybridized carbons (Fsp3) is 0.412. The standard InChI is InChI=1S/C34H35Cl2FN4O3S/c1-21-5-7-25(37)19-27(21)32-34(28-8-6-24(36)18-30(28)38-33(34)42)29(22-3-2-4-23(35)17-22)20-31(39-32)41-13-11-40(12-14-41)26-9-15-45(43,44)16-10-26/h2-8,17-19,26,29,32H,9-16,20H2,1H3,(H,38,42)/t29-,32+,34-/m0/s1. The van der Waals surface area contributed by atoms with E-state index in [1.54, 1.807) is 18.2 Å². The first-order valence-corrected chi connectivity index (χ1v) is 18.0. The van der Waals surface area contributed by atoms with Crippen LogP contribution in [0.5, 0.6) is 0 Å². The van der Waals surface area contributed by atoms with Gasteiger partial charge in [-0.05, 0) is 78.4 Å². The quantitative estimate of drug-likeness (QED) is 0.362. The number of hydrogen-bond donors (Lipinski definition) is 1. The Kier molecular flexibility index (Phi) is 7.95. The maximum Gasteiger partial charge on any atom is 0.238 e. The second-order valence-electron chi connectivity index (χ2n) is 12.7. The number of sulfone groups is 1. The zero-order valence-corrected chi connectivity index (χ0v) is 27.3. The molecule has 2 saturated heterocycles. The predicted octanol–water partition coefficient (Wildman–Crippen LogP) is 6.15. The Morgan fingerprint density at radius 1 is 0.956 bits per heavy atom. The molecule has 4 aliphatic rings. The minimum atomic E-state index is -2.93. The molecule has 4 aliphatic heterocycles. The Labute approximate surface area is 273 Å². The summed E-state index contributed by atoms with van der Waals surface area (Å²) in [6.07, 6.45) is 1.83. The molecule has 1 spiro atoms. The highest BCUT2D eigenvalue weighted by atomic mass is 35.5. The summed E-state index contributed by atoms with van der Waals surface area (Å²) < 4.78 is 39.0. The average Bonchev–Trinajstić information content (AvgIpc) is 3.29. The molecule has 3 aromatic carbocycles. The molecule has 3 atom stereocenters. The van der Waals surface area contributed by atoms with Crippen LogP contribution in [0.4, 0.5) is 10.1 Å². The third kappa shape index (κ3) is 5.45. The van der Waals surface area contributed by atoms with Gasteiger partial charge in [0.15, 0.2) is 0 Å². The monoisotopic (exact) mass is 668 g/mol. The first-order valence-electron chi connectivity index (χ1n) is 15.4. The fourth-order valence-electron chi connectivity index (χ4n) is 7.91. The highest BCUT2D eigenvalue weighted by molar-refractivity contribution is 7.91. The normalized spacial score (nSPS) is 26.9. The van der Waals surface area contributed by atoms with Gasteiger partial charge in [0.25, 0.3) is 0 Å². The summed E-state index contributed by atoms with van der Waals surface area (Å²) in [7, 11) is -2.93. The molecular formula is C34H35Cl2FN4O3S. The van der Waals surface area contributed by atoms with E-state index >= 15 is 0 Å². The van der Waals surface area contributed by atoms with E-state index in [9.17, 15) is 17.6 Å². The number of nitrogens with zero attached hydrogens (tertiary/aromatic N) is 3. The van der Waals surface area contributed by atoms with Gasteiger partial charge in [-0.2, -0.15) is 0 Å². The third-order valence-corrected chi connectivity index (χ3v) is 12.4. The van der Waals surface area contributed by atoms with Gasteiger partial charge < -0.3 is 10.2 Å². The summed E-state index contributed by atoms with van der Waals surface area (Å²) in [5.74, 6) is 0.429. The van der Waals surface area contributed by atoms with Crippen LogP contribution in [-0.2, 0) is 20.0 Å². The molecule has 45 heavy (non-hydrogen) atoms. The number of hydrogen-bond acceptors (Lipinski definition) is 6. The van der Waals surface area contributed by atoms with Gasteiger partial charge in [0, 0.05) is 60.3 Å². The van der Waals surface area contributed by atoms with Crippen LogP contribution < -0.4 is 5.32 Å². The molecule has 0 radical (unpaired) electrons. The van der Waals surface area contributed by atoms with Crippen molar-refractivity contribution in [2.75, 3.05) is 43.0 Å². The number of carbonyl (C=O) groups excluding carboxylic acids is 1. The Balaban J connectivity index is 1.33. The van der Waals surface area contributed by atoms with E-state index in [0.29, 0.717) is 40.6 Å². The number of carbonyl (C=O) groups is 1. The van der Waals surface area contributed by atoms with Crippen molar-refractivity contribution in [2.24, 2.45) is 4.99 Å². The number of amidine groups is 1. The maximum absolute atomic E-state index is 15.0. The lowest BCUT2D eigenvalue weighted by molar-refractivity contribution is -0.122. The Morgan fingerprint density at radius 3 is 2.42 bits per heavy atom. The van der Waals surface area contributed by atoms with E-state index in [4.69, 9.17) is 28.2 Å². The van der Waals surface area contributed by atoms with E-state index < -0.39 is 21.3 Å². The van der Waals surface area contributed by atoms with Crippen molar-refractivity contribution in [3.05, 3.63) is 98.8 Å². The molecule has 1 amide bonds. The van der Waals surface area contributed by atoms with Crippen molar-refractivity contribution in [2.45, 2.75) is 49.6 Å². The largest absolute Gasteiger partial charge is 0.358 e. The molecule has 4 heterocycles. The molecule has 0 aliphatic carbocycles. The van der Waals surface area contributed by atoms with E-state index in [1.165, 1.54) is 12.1 Å². The molecule has 7 rings (SSSR count). The summed E-state index contributed by atoms with van der Waals surface area (Å²) in [4.78, 5) is 24.6. The highest BCUT2D eigenvalue weighted by Crippen LogP contribution is 2.59. The number of rotatable bonds is 3. The number of nitrogens with one attached hydrogen (secondary N) is 1. The zero-order valence-electron chi connectivity index (χ0n) is 25.0. The van der Waals surface area contributed by atoms with Gasteiger partial charge >= 0.3 is 0 Å². The number of benzene rings is 3. The molecule has 0 aromatic heterocycles. The van der Waals surface area contributed by atoms with E-state index in [2.05, 4.69) is 15.1 Å². The van der Waals surface area contributed by atoms with E-state index in [0.717, 1.165) is 48.7 Å². The number of anilines is 1. The van der Waals surface area contributed by atoms with Crippen LogP contribution >= 0.6 is 23.2 Å². The van der Waals surface area contributed by atoms with Crippen LogP contribution in [0.3, 0.4) is 0 Å². The maximum atomic E-state index is 15.0. The number of halogens is 3. The molecular weight excluding hydrogens is 634 g/mol. The van der Waals surface area contributed by atoms with Crippen molar-refractivity contribution >= 4 is 50.5 Å². The second kappa shape index (κ2) is 11.7. The van der Waals surface area contributed by atoms with Gasteiger partial charge in [0.1, 0.15) is 26.9 Å². The van der Waals surface area contributed by atoms with Gasteiger partial charge in [-0.3, -0.25) is 14.7 Å². The molecule has 236 valence electrons. The van der Waals surface area contributed by atoms with Gasteiger partial charge in [-0.15, -0.1) is 0 Å². The van der Waals surface area contributed by atoms with E-state index in [1.807, 2.05) is 37.3 Å². The van der Waals surface area contributed by atoms with Gasteiger partial charge in [-0.25, -0.2) is 12.8 Å². The second-order valence-corrected chi connectivity index (χ2v) is 15.9. The number of aliphatic imine (C=N–C) groups is 1. The third-order valence-electron chi connectivity index (χ3n) is 10.2. The van der Waals surface area contributed by atoms with Crippen LogP contribution in [0.1, 0.15) is 53.5 Å². The highest BCUT2D eigenvalue weighted by Gasteiger charge is 2.61. The molecule has 1 N–H and O–H groups in total. The van der Waals surface area contributed by atoms with E-state index in [-0.39, 0.29) is 35.2 Å². The number of aryl methyl sites for hydroxylation is 1. The van der Waals surface area contributed by atoms with Crippen LogP contribution in [0.2, 0.25) is 10.0 Å². The molecule has 0 unspecified atom stereocenters. The number of fused-ring (bicyclic) bond motifs is 2. The van der Waals surface area contributed by atoms with Crippen LogP contribution in [0.15, 0.2) is 65.7 Å². The lowest BCUT2D eigenvalue weighted by Gasteiger charge is -2.48. The number of amides is 1. The summed E-state index contributed by atoms with van der Waals surface area (Å²) in [5, 5.41) is 4.19. The average molecular weight is 670 g/mol. The minimum absolute atomic E-state index is 0.196. The zero-order chi connectivity index (χ0) is 31.5. The van der Waals surface area contributed by atoms with Crippen molar-refractivity contribution < 1.29 is 17.6 Å². The first-order chi connectivity index (χ1) is 21.5. The van der Waals surface area contributed by atoms with Crippen molar-refractivity contribution in [3.63, 3.8) is 0 Å². The summed E-state index contributed by atoms with van der Waals surface area (Å²) >= 11 is 12.9. The van der Waals surface area contributed by atoms with Crippen LogP contribution in [-0.4, -0.2) is 73.7 Å². The lowest BCUT2D eigenvalue weighted by Crippen LogP contribution is -2.56.